The molecule has 0 radical (unpaired) electrons. The van der Waals surface area contributed by atoms with Crippen molar-refractivity contribution in [2.75, 3.05) is 19.8 Å². The molecule has 0 spiro atoms. The van der Waals surface area contributed by atoms with E-state index in [0.717, 1.165) is 0 Å². The summed E-state index contributed by atoms with van der Waals surface area (Å²) in [4.78, 5) is 28.5. The van der Waals surface area contributed by atoms with Crippen LogP contribution >= 0.6 is 0 Å². The minimum Gasteiger partial charge on any atom is -0.480 e. The maximum atomic E-state index is 12.1. The number of nitrogens with one attached hydrogen (secondary N) is 1. The van der Waals surface area contributed by atoms with E-state index >= 15 is 0 Å². The molecule has 2 amide bonds. The second-order valence-electron chi connectivity index (χ2n) is 4.60. The van der Waals surface area contributed by atoms with Gasteiger partial charge in [0.1, 0.15) is 11.8 Å². The average molecular weight is 283 g/mol. The number of hydrogen-bond donors (Lipinski definition) is 2. The van der Waals surface area contributed by atoms with Crippen LogP contribution in [0, 0.1) is 6.92 Å². The molecule has 8 heteroatoms. The Balaban J connectivity index is 2.01. The third-order valence-electron chi connectivity index (χ3n) is 3.02. The quantitative estimate of drug-likeness (QED) is 0.838. The van der Waals surface area contributed by atoms with Gasteiger partial charge in [0.25, 0.3) is 0 Å². The van der Waals surface area contributed by atoms with E-state index in [1.165, 1.54) is 4.90 Å². The van der Waals surface area contributed by atoms with Gasteiger partial charge in [-0.1, -0.05) is 0 Å². The van der Waals surface area contributed by atoms with E-state index in [1.807, 2.05) is 0 Å². The van der Waals surface area contributed by atoms with Crippen LogP contribution in [0.15, 0.2) is 10.6 Å². The van der Waals surface area contributed by atoms with Gasteiger partial charge in [0.15, 0.2) is 6.04 Å². The Labute approximate surface area is 115 Å². The molecule has 0 aromatic carbocycles. The van der Waals surface area contributed by atoms with Crippen LogP contribution in [-0.4, -0.2) is 52.8 Å². The number of carbonyl (C=O) groups is 2. The van der Waals surface area contributed by atoms with E-state index < -0.39 is 24.1 Å². The van der Waals surface area contributed by atoms with Crippen molar-refractivity contribution in [2.24, 2.45) is 0 Å². The zero-order valence-corrected chi connectivity index (χ0v) is 11.3. The zero-order valence-electron chi connectivity index (χ0n) is 11.3. The first-order chi connectivity index (χ1) is 9.49. The molecule has 2 atom stereocenters. The molecule has 2 unspecified atom stereocenters. The number of carboxylic acid groups (broad SMARTS) is 1. The van der Waals surface area contributed by atoms with E-state index in [9.17, 15) is 9.59 Å². The predicted octanol–water partition coefficient (Wildman–Crippen LogP) is 0.539. The number of hydrogen-bond acceptors (Lipinski definition) is 5. The molecule has 20 heavy (non-hydrogen) atoms. The summed E-state index contributed by atoms with van der Waals surface area (Å²) in [5, 5.41) is 11.8. The Morgan fingerprint density at radius 2 is 2.35 bits per heavy atom. The minimum absolute atomic E-state index is 0.00472. The van der Waals surface area contributed by atoms with E-state index in [4.69, 9.17) is 14.3 Å². The molecule has 0 aliphatic carbocycles. The summed E-state index contributed by atoms with van der Waals surface area (Å²) in [6, 6.07) is -1.88. The topological polar surface area (TPSA) is 105 Å². The third-order valence-corrected chi connectivity index (χ3v) is 3.02. The lowest BCUT2D eigenvalue weighted by Crippen LogP contribution is -2.55. The van der Waals surface area contributed by atoms with Gasteiger partial charge >= 0.3 is 12.0 Å². The van der Waals surface area contributed by atoms with E-state index in [2.05, 4.69) is 10.3 Å². The number of carboxylic acids is 1. The highest BCUT2D eigenvalue weighted by Crippen LogP contribution is 2.14. The standard InChI is InChI=1S/C12H17N3O5/c1-7-5-13-10(20-7)8(2)14-12(18)15-3-4-19-6-9(15)11(16)17/h5,8-9H,3-4,6H2,1-2H3,(H,14,18)(H,16,17). The first-order valence-corrected chi connectivity index (χ1v) is 6.29. The number of oxazole rings is 1. The molecule has 0 bridgehead atoms. The van der Waals surface area contributed by atoms with Crippen LogP contribution < -0.4 is 5.32 Å². The van der Waals surface area contributed by atoms with Crippen molar-refractivity contribution in [1.29, 1.82) is 0 Å². The Hall–Kier alpha value is -2.09. The van der Waals surface area contributed by atoms with Crippen molar-refractivity contribution >= 4 is 12.0 Å². The predicted molar refractivity (Wildman–Crippen MR) is 67.1 cm³/mol. The summed E-state index contributed by atoms with van der Waals surface area (Å²) in [6.07, 6.45) is 1.56. The Bertz CT molecular complexity index is 501. The summed E-state index contributed by atoms with van der Waals surface area (Å²) in [7, 11) is 0. The number of amides is 2. The summed E-state index contributed by atoms with van der Waals surface area (Å²) in [5.74, 6) is -0.0497. The van der Waals surface area contributed by atoms with Crippen LogP contribution in [0.4, 0.5) is 4.79 Å². The number of morpholine rings is 1. The number of aliphatic carboxylic acids is 1. The SMILES string of the molecule is Cc1cnc(C(C)NC(=O)N2CCOCC2C(=O)O)o1. The fourth-order valence-electron chi connectivity index (χ4n) is 1.95. The molecule has 2 rings (SSSR count). The molecule has 0 saturated carbocycles. The van der Waals surface area contributed by atoms with Crippen molar-refractivity contribution in [1.82, 2.24) is 15.2 Å². The van der Waals surface area contributed by atoms with Gasteiger partial charge < -0.3 is 24.5 Å². The van der Waals surface area contributed by atoms with Gasteiger partial charge in [-0.25, -0.2) is 14.6 Å². The third kappa shape index (κ3) is 3.08. The fraction of sp³-hybridized carbons (Fsp3) is 0.583. The van der Waals surface area contributed by atoms with Gasteiger partial charge in [-0.05, 0) is 13.8 Å². The largest absolute Gasteiger partial charge is 0.480 e. The Morgan fingerprint density at radius 1 is 1.60 bits per heavy atom. The van der Waals surface area contributed by atoms with Crippen LogP contribution in [0.25, 0.3) is 0 Å². The molecule has 110 valence electrons. The molecular weight excluding hydrogens is 266 g/mol. The van der Waals surface area contributed by atoms with Gasteiger partial charge in [-0.3, -0.25) is 0 Å². The maximum absolute atomic E-state index is 12.1. The van der Waals surface area contributed by atoms with Gasteiger partial charge in [-0.15, -0.1) is 0 Å². The van der Waals surface area contributed by atoms with Crippen LogP contribution in [0.3, 0.4) is 0 Å². The van der Waals surface area contributed by atoms with Crippen LogP contribution in [0.5, 0.6) is 0 Å². The van der Waals surface area contributed by atoms with E-state index in [1.54, 1.807) is 20.0 Å². The lowest BCUT2D eigenvalue weighted by Gasteiger charge is -2.33. The van der Waals surface area contributed by atoms with Crippen LogP contribution in [-0.2, 0) is 9.53 Å². The fourth-order valence-corrected chi connectivity index (χ4v) is 1.95. The molecule has 1 aromatic rings. The normalized spacial score (nSPS) is 20.5. The number of aryl methyl sites for hydroxylation is 1. The number of urea groups is 1. The van der Waals surface area contributed by atoms with E-state index in [-0.39, 0.29) is 13.2 Å². The van der Waals surface area contributed by atoms with E-state index in [0.29, 0.717) is 18.3 Å². The van der Waals surface area contributed by atoms with Gasteiger partial charge in [0.05, 0.1) is 19.4 Å². The van der Waals surface area contributed by atoms with Crippen molar-refractivity contribution in [3.63, 3.8) is 0 Å². The maximum Gasteiger partial charge on any atom is 0.328 e. The van der Waals surface area contributed by atoms with Crippen molar-refractivity contribution in [2.45, 2.75) is 25.9 Å². The smallest absolute Gasteiger partial charge is 0.328 e. The molecule has 1 aliphatic heterocycles. The molecular formula is C12H17N3O5. The molecule has 2 N–H and O–H groups in total. The highest BCUT2D eigenvalue weighted by Gasteiger charge is 2.33. The highest BCUT2D eigenvalue weighted by atomic mass is 16.5. The second-order valence-corrected chi connectivity index (χ2v) is 4.60. The molecule has 2 heterocycles. The number of rotatable bonds is 3. The number of carbonyl (C=O) groups excluding carboxylic acids is 1. The Kier molecular flexibility index (Phi) is 4.23. The number of aromatic nitrogens is 1. The highest BCUT2D eigenvalue weighted by molar-refractivity contribution is 5.83. The average Bonchev–Trinajstić information content (AvgIpc) is 2.85. The summed E-state index contributed by atoms with van der Waals surface area (Å²) < 4.78 is 10.4. The molecule has 1 aliphatic rings. The van der Waals surface area contributed by atoms with Gasteiger partial charge in [0, 0.05) is 6.54 Å². The molecule has 8 nitrogen and oxygen atoms in total. The van der Waals surface area contributed by atoms with Crippen molar-refractivity contribution < 1.29 is 23.8 Å². The summed E-state index contributed by atoms with van der Waals surface area (Å²) in [6.45, 7) is 4.03. The monoisotopic (exact) mass is 283 g/mol. The second kappa shape index (κ2) is 5.91. The minimum atomic E-state index is -1.08. The summed E-state index contributed by atoms with van der Waals surface area (Å²) in [5.41, 5.74) is 0. The summed E-state index contributed by atoms with van der Waals surface area (Å²) >= 11 is 0. The zero-order chi connectivity index (χ0) is 14.7. The number of ether oxygens (including phenoxy) is 1. The first kappa shape index (κ1) is 14.3. The lowest BCUT2D eigenvalue weighted by atomic mass is 10.2. The van der Waals surface area contributed by atoms with Gasteiger partial charge in [0.2, 0.25) is 5.89 Å². The molecule has 1 saturated heterocycles. The number of nitrogens with zero attached hydrogens (tertiary/aromatic N) is 2. The molecule has 1 aromatic heterocycles. The molecule has 1 fully saturated rings. The van der Waals surface area contributed by atoms with Crippen molar-refractivity contribution in [3.05, 3.63) is 17.8 Å². The van der Waals surface area contributed by atoms with Gasteiger partial charge in [-0.2, -0.15) is 0 Å². The van der Waals surface area contributed by atoms with Crippen LogP contribution in [0.2, 0.25) is 0 Å². The Morgan fingerprint density at radius 3 is 2.95 bits per heavy atom. The first-order valence-electron chi connectivity index (χ1n) is 6.29. The van der Waals surface area contributed by atoms with Crippen LogP contribution in [0.1, 0.15) is 24.6 Å². The lowest BCUT2D eigenvalue weighted by molar-refractivity contribution is -0.147. The van der Waals surface area contributed by atoms with Crippen molar-refractivity contribution in [3.8, 4) is 0 Å².